The van der Waals surface area contributed by atoms with E-state index in [1.807, 2.05) is 24.3 Å². The number of H-pyrrole nitrogens is 1. The maximum Gasteiger partial charge on any atom is 0.0991 e. The van der Waals surface area contributed by atoms with Crippen LogP contribution in [-0.2, 0) is 19.3 Å². The molecule has 2 aromatic rings. The molecule has 1 heterocycles. The van der Waals surface area contributed by atoms with Crippen molar-refractivity contribution in [2.24, 2.45) is 0 Å². The Kier molecular flexibility index (Phi) is 3.78. The fourth-order valence-corrected chi connectivity index (χ4v) is 2.14. The van der Waals surface area contributed by atoms with E-state index in [4.69, 9.17) is 5.26 Å². The molecule has 1 aromatic heterocycles. The second-order valence-electron chi connectivity index (χ2n) is 4.32. The Hall–Kier alpha value is -2.08. The van der Waals surface area contributed by atoms with Gasteiger partial charge < -0.3 is 0 Å². The number of hydrogen-bond donors (Lipinski definition) is 1. The van der Waals surface area contributed by atoms with Crippen molar-refractivity contribution in [3.8, 4) is 6.07 Å². The molecule has 0 spiro atoms. The van der Waals surface area contributed by atoms with Crippen molar-refractivity contribution < 1.29 is 0 Å². The number of nitrogens with one attached hydrogen (secondary N) is 1. The van der Waals surface area contributed by atoms with E-state index in [2.05, 4.69) is 30.1 Å². The number of nitriles is 1. The van der Waals surface area contributed by atoms with E-state index in [-0.39, 0.29) is 0 Å². The lowest BCUT2D eigenvalue weighted by Crippen LogP contribution is -1.96. The second-order valence-corrected chi connectivity index (χ2v) is 4.32. The lowest BCUT2D eigenvalue weighted by atomic mass is 10.00. The van der Waals surface area contributed by atoms with Gasteiger partial charge in [0, 0.05) is 17.7 Å². The summed E-state index contributed by atoms with van der Waals surface area (Å²) in [6.07, 6.45) is 2.80. The SMILES string of the molecule is CCc1n[nH]c(CC)c1Cc1ccc(C#N)cc1. The summed E-state index contributed by atoms with van der Waals surface area (Å²) in [5.41, 5.74) is 5.61. The molecule has 0 amide bonds. The number of aromatic nitrogens is 2. The number of aromatic amines is 1. The van der Waals surface area contributed by atoms with Crippen LogP contribution in [-0.4, -0.2) is 10.2 Å². The van der Waals surface area contributed by atoms with Crippen molar-refractivity contribution in [1.82, 2.24) is 10.2 Å². The Labute approximate surface area is 107 Å². The highest BCUT2D eigenvalue weighted by Crippen LogP contribution is 2.18. The maximum absolute atomic E-state index is 8.78. The van der Waals surface area contributed by atoms with Crippen LogP contribution in [0.15, 0.2) is 24.3 Å². The van der Waals surface area contributed by atoms with Gasteiger partial charge in [-0.3, -0.25) is 5.10 Å². The normalized spacial score (nSPS) is 10.3. The number of nitrogens with zero attached hydrogens (tertiary/aromatic N) is 2. The minimum Gasteiger partial charge on any atom is -0.282 e. The summed E-state index contributed by atoms with van der Waals surface area (Å²) in [5, 5.41) is 16.3. The molecule has 92 valence electrons. The van der Waals surface area contributed by atoms with Gasteiger partial charge in [-0.15, -0.1) is 0 Å². The van der Waals surface area contributed by atoms with Gasteiger partial charge in [-0.25, -0.2) is 0 Å². The van der Waals surface area contributed by atoms with Crippen LogP contribution in [0.2, 0.25) is 0 Å². The third kappa shape index (κ3) is 2.43. The Morgan fingerprint density at radius 3 is 2.44 bits per heavy atom. The van der Waals surface area contributed by atoms with Gasteiger partial charge in [0.05, 0.1) is 17.3 Å². The molecule has 0 atom stereocenters. The Bertz CT molecular complexity index is 537. The van der Waals surface area contributed by atoms with Crippen LogP contribution in [0.5, 0.6) is 0 Å². The predicted octanol–water partition coefficient (Wildman–Crippen LogP) is 3.00. The third-order valence-corrected chi connectivity index (χ3v) is 3.19. The molecule has 0 saturated carbocycles. The fraction of sp³-hybridized carbons (Fsp3) is 0.333. The fourth-order valence-electron chi connectivity index (χ4n) is 2.14. The molecule has 3 nitrogen and oxygen atoms in total. The zero-order chi connectivity index (χ0) is 13.0. The van der Waals surface area contributed by atoms with Crippen LogP contribution < -0.4 is 0 Å². The van der Waals surface area contributed by atoms with E-state index in [0.717, 1.165) is 25.0 Å². The molecule has 18 heavy (non-hydrogen) atoms. The van der Waals surface area contributed by atoms with Crippen LogP contribution in [0.25, 0.3) is 0 Å². The highest BCUT2D eigenvalue weighted by Gasteiger charge is 2.10. The minimum absolute atomic E-state index is 0.706. The molecule has 3 heteroatoms. The lowest BCUT2D eigenvalue weighted by Gasteiger charge is -2.04. The van der Waals surface area contributed by atoms with Crippen LogP contribution >= 0.6 is 0 Å². The third-order valence-electron chi connectivity index (χ3n) is 3.19. The molecule has 1 aromatic carbocycles. The molecule has 2 rings (SSSR count). The first-order valence-corrected chi connectivity index (χ1v) is 6.32. The summed E-state index contributed by atoms with van der Waals surface area (Å²) < 4.78 is 0. The maximum atomic E-state index is 8.78. The zero-order valence-electron chi connectivity index (χ0n) is 10.8. The van der Waals surface area contributed by atoms with Crippen molar-refractivity contribution >= 4 is 0 Å². The summed E-state index contributed by atoms with van der Waals surface area (Å²) >= 11 is 0. The highest BCUT2D eigenvalue weighted by atomic mass is 15.1. The molecule has 0 aliphatic heterocycles. The van der Waals surface area contributed by atoms with E-state index in [1.54, 1.807) is 0 Å². The number of rotatable bonds is 4. The van der Waals surface area contributed by atoms with Crippen molar-refractivity contribution in [2.45, 2.75) is 33.1 Å². The molecule has 0 saturated heterocycles. The van der Waals surface area contributed by atoms with Crippen molar-refractivity contribution in [3.05, 3.63) is 52.3 Å². The molecule has 0 bridgehead atoms. The van der Waals surface area contributed by atoms with E-state index in [1.165, 1.54) is 16.8 Å². The zero-order valence-corrected chi connectivity index (χ0v) is 10.8. The Balaban J connectivity index is 2.27. The monoisotopic (exact) mass is 239 g/mol. The van der Waals surface area contributed by atoms with Crippen LogP contribution in [0.4, 0.5) is 0 Å². The van der Waals surface area contributed by atoms with E-state index < -0.39 is 0 Å². The predicted molar refractivity (Wildman–Crippen MR) is 71.3 cm³/mol. The number of benzene rings is 1. The van der Waals surface area contributed by atoms with E-state index >= 15 is 0 Å². The standard InChI is InChI=1S/C15H17N3/c1-3-14-13(15(4-2)18-17-14)9-11-5-7-12(10-16)8-6-11/h5-8H,3-4,9H2,1-2H3,(H,17,18). The highest BCUT2D eigenvalue weighted by molar-refractivity contribution is 5.36. The van der Waals surface area contributed by atoms with Gasteiger partial charge in [-0.2, -0.15) is 10.4 Å². The molecule has 0 aliphatic carbocycles. The summed E-state index contributed by atoms with van der Waals surface area (Å²) in [4.78, 5) is 0. The smallest absolute Gasteiger partial charge is 0.0991 e. The van der Waals surface area contributed by atoms with Crippen LogP contribution in [0.1, 0.15) is 41.9 Å². The molecule has 0 unspecified atom stereocenters. The van der Waals surface area contributed by atoms with Crippen molar-refractivity contribution in [1.29, 1.82) is 5.26 Å². The van der Waals surface area contributed by atoms with E-state index in [9.17, 15) is 0 Å². The quantitative estimate of drug-likeness (QED) is 0.891. The second kappa shape index (κ2) is 5.50. The summed E-state index contributed by atoms with van der Waals surface area (Å²) in [6.45, 7) is 4.26. The molecule has 1 N–H and O–H groups in total. The summed E-state index contributed by atoms with van der Waals surface area (Å²) in [6, 6.07) is 9.91. The molecule has 0 aliphatic rings. The van der Waals surface area contributed by atoms with Crippen molar-refractivity contribution in [3.63, 3.8) is 0 Å². The first-order valence-electron chi connectivity index (χ1n) is 6.32. The largest absolute Gasteiger partial charge is 0.282 e. The van der Waals surface area contributed by atoms with Gasteiger partial charge in [0.2, 0.25) is 0 Å². The van der Waals surface area contributed by atoms with Crippen LogP contribution in [0, 0.1) is 11.3 Å². The Morgan fingerprint density at radius 2 is 1.89 bits per heavy atom. The first-order chi connectivity index (χ1) is 8.78. The molecular formula is C15H17N3. The number of aryl methyl sites for hydroxylation is 2. The van der Waals surface area contributed by atoms with Gasteiger partial charge in [0.1, 0.15) is 0 Å². The van der Waals surface area contributed by atoms with Gasteiger partial charge in [0.15, 0.2) is 0 Å². The topological polar surface area (TPSA) is 52.5 Å². The summed E-state index contributed by atoms with van der Waals surface area (Å²) in [7, 11) is 0. The summed E-state index contributed by atoms with van der Waals surface area (Å²) in [5.74, 6) is 0. The Morgan fingerprint density at radius 1 is 1.17 bits per heavy atom. The lowest BCUT2D eigenvalue weighted by molar-refractivity contribution is 0.936. The first kappa shape index (κ1) is 12.4. The van der Waals surface area contributed by atoms with Crippen molar-refractivity contribution in [2.75, 3.05) is 0 Å². The average molecular weight is 239 g/mol. The molecule has 0 radical (unpaired) electrons. The number of hydrogen-bond acceptors (Lipinski definition) is 2. The van der Waals surface area contributed by atoms with E-state index in [0.29, 0.717) is 5.56 Å². The average Bonchev–Trinajstić information content (AvgIpc) is 2.81. The van der Waals surface area contributed by atoms with Crippen LogP contribution in [0.3, 0.4) is 0 Å². The van der Waals surface area contributed by atoms with Gasteiger partial charge in [-0.1, -0.05) is 26.0 Å². The van der Waals surface area contributed by atoms with Gasteiger partial charge >= 0.3 is 0 Å². The van der Waals surface area contributed by atoms with Gasteiger partial charge in [0.25, 0.3) is 0 Å². The molecular weight excluding hydrogens is 222 g/mol. The van der Waals surface area contributed by atoms with Gasteiger partial charge in [-0.05, 0) is 30.5 Å². The molecule has 0 fully saturated rings. The minimum atomic E-state index is 0.706.